The van der Waals surface area contributed by atoms with Gasteiger partial charge in [-0.1, -0.05) is 37.9 Å². The van der Waals surface area contributed by atoms with Crippen LogP contribution in [-0.2, 0) is 0 Å². The standard InChI is InChI=1S/C11H22N4S/c1-2-8-16-11(13-9-14-12)15-10-6-4-3-5-7-10/h9-10H,2-8,12H2,1H3,(H,13,14,15). The predicted octanol–water partition coefficient (Wildman–Crippen LogP) is 2.31. The van der Waals surface area contributed by atoms with E-state index in [1.165, 1.54) is 38.4 Å². The van der Waals surface area contributed by atoms with Crippen LogP contribution in [0.1, 0.15) is 45.4 Å². The van der Waals surface area contributed by atoms with Gasteiger partial charge in [-0.2, -0.15) is 0 Å². The van der Waals surface area contributed by atoms with E-state index in [2.05, 4.69) is 17.3 Å². The van der Waals surface area contributed by atoms with Gasteiger partial charge in [0.05, 0.1) is 6.04 Å². The lowest BCUT2D eigenvalue weighted by Gasteiger charge is -2.17. The van der Waals surface area contributed by atoms with E-state index >= 15 is 0 Å². The van der Waals surface area contributed by atoms with Crippen molar-refractivity contribution in [3.05, 3.63) is 0 Å². The Hall–Kier alpha value is -0.550. The van der Waals surface area contributed by atoms with E-state index in [9.17, 15) is 0 Å². The second kappa shape index (κ2) is 8.58. The Morgan fingerprint density at radius 2 is 2.19 bits per heavy atom. The molecule has 0 aromatic rings. The van der Waals surface area contributed by atoms with Crippen LogP contribution in [0.25, 0.3) is 0 Å². The molecule has 4 nitrogen and oxygen atoms in total. The van der Waals surface area contributed by atoms with E-state index in [4.69, 9.17) is 10.8 Å². The van der Waals surface area contributed by atoms with Gasteiger partial charge in [-0.3, -0.25) is 4.99 Å². The molecule has 3 N–H and O–H groups in total. The van der Waals surface area contributed by atoms with Crippen LogP contribution >= 0.6 is 11.8 Å². The van der Waals surface area contributed by atoms with Crippen molar-refractivity contribution in [3.8, 4) is 0 Å². The molecule has 0 bridgehead atoms. The first-order chi connectivity index (χ1) is 7.86. The lowest BCUT2D eigenvalue weighted by molar-refractivity contribution is 0.444. The van der Waals surface area contributed by atoms with E-state index < -0.39 is 0 Å². The fourth-order valence-electron chi connectivity index (χ4n) is 1.76. The summed E-state index contributed by atoms with van der Waals surface area (Å²) in [5, 5.41) is 0.867. The molecule has 1 rings (SSSR count). The summed E-state index contributed by atoms with van der Waals surface area (Å²) in [7, 11) is 0. The van der Waals surface area contributed by atoms with E-state index in [1.807, 2.05) is 0 Å². The Balaban J connectivity index is 2.50. The van der Waals surface area contributed by atoms with Gasteiger partial charge in [0.25, 0.3) is 0 Å². The van der Waals surface area contributed by atoms with Crippen molar-refractivity contribution in [2.45, 2.75) is 51.5 Å². The molecule has 5 heteroatoms. The summed E-state index contributed by atoms with van der Waals surface area (Å²) in [6.45, 7) is 2.16. The summed E-state index contributed by atoms with van der Waals surface area (Å²) < 4.78 is 0. The quantitative estimate of drug-likeness (QED) is 0.344. The summed E-state index contributed by atoms with van der Waals surface area (Å²) >= 11 is 1.71. The molecule has 0 aliphatic heterocycles. The normalized spacial score (nSPS) is 19.2. The minimum atomic E-state index is 0.475. The maximum atomic E-state index is 5.18. The molecule has 0 saturated heterocycles. The Morgan fingerprint density at radius 1 is 1.44 bits per heavy atom. The number of nitrogens with zero attached hydrogens (tertiary/aromatic N) is 2. The average molecular weight is 242 g/mol. The predicted molar refractivity (Wildman–Crippen MR) is 72.9 cm³/mol. The van der Waals surface area contributed by atoms with Crippen LogP contribution in [-0.4, -0.2) is 23.3 Å². The zero-order chi connectivity index (χ0) is 11.6. The molecule has 92 valence electrons. The lowest BCUT2D eigenvalue weighted by atomic mass is 9.96. The summed E-state index contributed by atoms with van der Waals surface area (Å²) in [5.74, 6) is 6.24. The summed E-state index contributed by atoms with van der Waals surface area (Å²) in [6.07, 6.45) is 9.03. The van der Waals surface area contributed by atoms with Crippen LogP contribution in [0.2, 0.25) is 0 Å². The van der Waals surface area contributed by atoms with Crippen molar-refractivity contribution >= 4 is 23.3 Å². The van der Waals surface area contributed by atoms with Gasteiger partial charge >= 0.3 is 0 Å². The molecule has 0 unspecified atom stereocenters. The van der Waals surface area contributed by atoms with E-state index in [0.29, 0.717) is 6.04 Å². The van der Waals surface area contributed by atoms with Crippen LogP contribution in [0.3, 0.4) is 0 Å². The van der Waals surface area contributed by atoms with Crippen molar-refractivity contribution < 1.29 is 0 Å². The fraction of sp³-hybridized carbons (Fsp3) is 0.818. The van der Waals surface area contributed by atoms with Crippen molar-refractivity contribution in [1.82, 2.24) is 5.43 Å². The Kier molecular flexibility index (Phi) is 7.25. The number of nitrogens with one attached hydrogen (secondary N) is 1. The zero-order valence-electron chi connectivity index (χ0n) is 9.98. The SMILES string of the molecule is CCCSC(=NC1CCCCC1)/N=C/NN. The number of aliphatic imine (C=N–C) groups is 2. The monoisotopic (exact) mass is 242 g/mol. The van der Waals surface area contributed by atoms with Crippen LogP contribution in [0.15, 0.2) is 9.98 Å². The van der Waals surface area contributed by atoms with Gasteiger partial charge in [-0.25, -0.2) is 10.8 Å². The Bertz CT molecular complexity index is 234. The summed E-state index contributed by atoms with van der Waals surface area (Å²) in [5.41, 5.74) is 2.43. The first-order valence-corrected chi connectivity index (χ1v) is 7.04. The van der Waals surface area contributed by atoms with Crippen molar-refractivity contribution in [2.75, 3.05) is 5.75 Å². The lowest BCUT2D eigenvalue weighted by Crippen LogP contribution is -2.20. The highest BCUT2D eigenvalue weighted by atomic mass is 32.2. The fourth-order valence-corrected chi connectivity index (χ4v) is 2.50. The van der Waals surface area contributed by atoms with Gasteiger partial charge in [-0.05, 0) is 19.3 Å². The largest absolute Gasteiger partial charge is 0.315 e. The molecule has 1 saturated carbocycles. The maximum Gasteiger partial charge on any atom is 0.184 e. The molecule has 0 radical (unpaired) electrons. The van der Waals surface area contributed by atoms with Crippen LogP contribution < -0.4 is 11.3 Å². The number of thioether (sulfide) groups is 1. The van der Waals surface area contributed by atoms with Crippen LogP contribution in [0, 0.1) is 0 Å². The number of nitrogens with two attached hydrogens (primary N) is 1. The number of hydrogen-bond acceptors (Lipinski definition) is 3. The van der Waals surface area contributed by atoms with Gasteiger partial charge in [0.1, 0.15) is 6.34 Å². The third-order valence-electron chi connectivity index (χ3n) is 2.55. The molecular formula is C11H22N4S. The topological polar surface area (TPSA) is 62.8 Å². The maximum absolute atomic E-state index is 5.18. The minimum Gasteiger partial charge on any atom is -0.315 e. The molecule has 0 aromatic carbocycles. The molecule has 0 spiro atoms. The minimum absolute atomic E-state index is 0.475. The number of amidine groups is 1. The van der Waals surface area contributed by atoms with Gasteiger partial charge in [0.15, 0.2) is 5.17 Å². The molecule has 16 heavy (non-hydrogen) atoms. The third-order valence-corrected chi connectivity index (χ3v) is 3.63. The summed E-state index contributed by atoms with van der Waals surface area (Å²) in [4.78, 5) is 8.92. The van der Waals surface area contributed by atoms with E-state index in [-0.39, 0.29) is 0 Å². The smallest absolute Gasteiger partial charge is 0.184 e. The van der Waals surface area contributed by atoms with Gasteiger partial charge in [0, 0.05) is 5.75 Å². The molecule has 1 fully saturated rings. The average Bonchev–Trinajstić information content (AvgIpc) is 2.34. The summed E-state index contributed by atoms with van der Waals surface area (Å²) in [6, 6.07) is 0.475. The highest BCUT2D eigenvalue weighted by Gasteiger charge is 2.12. The van der Waals surface area contributed by atoms with Gasteiger partial charge in [-0.15, -0.1) is 0 Å². The Morgan fingerprint density at radius 3 is 2.81 bits per heavy atom. The van der Waals surface area contributed by atoms with Crippen LogP contribution in [0.4, 0.5) is 0 Å². The second-order valence-corrected chi connectivity index (χ2v) is 5.04. The van der Waals surface area contributed by atoms with Gasteiger partial charge < -0.3 is 5.43 Å². The highest BCUT2D eigenvalue weighted by Crippen LogP contribution is 2.22. The molecule has 0 heterocycles. The number of rotatable bonds is 4. The number of hydrazine groups is 1. The molecular weight excluding hydrogens is 220 g/mol. The molecule has 0 aromatic heterocycles. The highest BCUT2D eigenvalue weighted by molar-refractivity contribution is 8.13. The first-order valence-electron chi connectivity index (χ1n) is 6.06. The molecule has 1 aliphatic rings. The van der Waals surface area contributed by atoms with Gasteiger partial charge in [0.2, 0.25) is 0 Å². The molecule has 1 aliphatic carbocycles. The second-order valence-electron chi connectivity index (χ2n) is 3.98. The number of hydrogen-bond donors (Lipinski definition) is 2. The zero-order valence-corrected chi connectivity index (χ0v) is 10.8. The molecule has 0 amide bonds. The van der Waals surface area contributed by atoms with Crippen LogP contribution in [0.5, 0.6) is 0 Å². The van der Waals surface area contributed by atoms with E-state index in [1.54, 1.807) is 11.8 Å². The Labute approximate surface area is 102 Å². The van der Waals surface area contributed by atoms with Crippen molar-refractivity contribution in [3.63, 3.8) is 0 Å². The van der Waals surface area contributed by atoms with Crippen molar-refractivity contribution in [2.24, 2.45) is 15.8 Å². The van der Waals surface area contributed by atoms with E-state index in [0.717, 1.165) is 17.3 Å². The molecule has 0 atom stereocenters. The van der Waals surface area contributed by atoms with Crippen molar-refractivity contribution in [1.29, 1.82) is 0 Å². The third kappa shape index (κ3) is 5.51. The first kappa shape index (κ1) is 13.5.